The van der Waals surface area contributed by atoms with Gasteiger partial charge in [-0.1, -0.05) is 41.9 Å². The van der Waals surface area contributed by atoms with Crippen LogP contribution >= 0.6 is 35.6 Å². The van der Waals surface area contributed by atoms with Crippen molar-refractivity contribution in [3.63, 3.8) is 0 Å². The first-order valence-corrected chi connectivity index (χ1v) is 8.35. The van der Waals surface area contributed by atoms with E-state index in [4.69, 9.17) is 16.9 Å². The summed E-state index contributed by atoms with van der Waals surface area (Å²) in [6.45, 7) is 4.15. The average molecular weight is 469 g/mol. The normalized spacial score (nSPS) is 10.5. The number of hydrogen-bond donors (Lipinski definition) is 2. The quantitative estimate of drug-likeness (QED) is 0.381. The minimum atomic E-state index is 0. The molecular formula is C19H22ClIN4. The Hall–Kier alpha value is -1.78. The number of nitrogens with one attached hydrogen (secondary N) is 2. The van der Waals surface area contributed by atoms with Gasteiger partial charge in [0.2, 0.25) is 0 Å². The molecule has 0 fully saturated rings. The van der Waals surface area contributed by atoms with Crippen LogP contribution in [0.2, 0.25) is 5.02 Å². The highest BCUT2D eigenvalue weighted by molar-refractivity contribution is 14.0. The number of nitrogens with zero attached hydrogens (tertiary/aromatic N) is 2. The molecule has 0 aliphatic heterocycles. The van der Waals surface area contributed by atoms with Crippen molar-refractivity contribution >= 4 is 41.5 Å². The molecule has 0 amide bonds. The minimum Gasteiger partial charge on any atom is -0.357 e. The van der Waals surface area contributed by atoms with Gasteiger partial charge in [-0.3, -0.25) is 0 Å². The molecule has 132 valence electrons. The standard InChI is InChI=1S/C19H21ClN4.HI/c1-2-22-19(23-12-11-17-5-3-4-6-18(17)20)24-14-16-9-7-15(13-21)8-10-16;/h3-10H,2,11-12,14H2,1H3,(H2,22,23,24);1H. The molecule has 0 aliphatic rings. The molecule has 0 unspecified atom stereocenters. The Morgan fingerprint density at radius 3 is 2.48 bits per heavy atom. The number of rotatable bonds is 6. The Bertz CT molecular complexity index is 723. The van der Waals surface area contributed by atoms with E-state index in [1.165, 1.54) is 0 Å². The highest BCUT2D eigenvalue weighted by atomic mass is 127. The van der Waals surface area contributed by atoms with Crippen LogP contribution in [-0.4, -0.2) is 19.0 Å². The summed E-state index contributed by atoms with van der Waals surface area (Å²) in [6.07, 6.45) is 0.834. The first-order chi connectivity index (χ1) is 11.7. The summed E-state index contributed by atoms with van der Waals surface area (Å²) in [5.74, 6) is 0.772. The van der Waals surface area contributed by atoms with Gasteiger partial charge in [0.15, 0.2) is 5.96 Å². The molecule has 0 atom stereocenters. The zero-order chi connectivity index (χ0) is 17.2. The number of benzene rings is 2. The van der Waals surface area contributed by atoms with Gasteiger partial charge < -0.3 is 10.6 Å². The van der Waals surface area contributed by atoms with Crippen molar-refractivity contribution in [1.82, 2.24) is 10.6 Å². The molecule has 4 nitrogen and oxygen atoms in total. The van der Waals surface area contributed by atoms with Crippen molar-refractivity contribution in [3.05, 3.63) is 70.2 Å². The van der Waals surface area contributed by atoms with Crippen molar-refractivity contribution < 1.29 is 0 Å². The molecular weight excluding hydrogens is 447 g/mol. The SMILES string of the molecule is CCNC(=NCc1ccc(C#N)cc1)NCCc1ccccc1Cl.I. The molecule has 0 aromatic heterocycles. The number of nitriles is 1. The zero-order valence-electron chi connectivity index (χ0n) is 14.1. The third kappa shape index (κ3) is 7.32. The van der Waals surface area contributed by atoms with Gasteiger partial charge in [0, 0.05) is 18.1 Å². The van der Waals surface area contributed by atoms with E-state index >= 15 is 0 Å². The first kappa shape index (κ1) is 21.3. The van der Waals surface area contributed by atoms with Crippen molar-refractivity contribution in [2.75, 3.05) is 13.1 Å². The molecule has 2 rings (SSSR count). The number of aliphatic imine (C=N–C) groups is 1. The molecule has 0 spiro atoms. The van der Waals surface area contributed by atoms with E-state index in [-0.39, 0.29) is 24.0 Å². The van der Waals surface area contributed by atoms with E-state index in [0.29, 0.717) is 12.1 Å². The number of halogens is 2. The molecule has 25 heavy (non-hydrogen) atoms. The zero-order valence-corrected chi connectivity index (χ0v) is 17.2. The summed E-state index contributed by atoms with van der Waals surface area (Å²) in [6, 6.07) is 17.4. The Kier molecular flexibility index (Phi) is 9.97. The lowest BCUT2D eigenvalue weighted by molar-refractivity contribution is 0.799. The summed E-state index contributed by atoms with van der Waals surface area (Å²) in [7, 11) is 0. The highest BCUT2D eigenvalue weighted by Gasteiger charge is 2.01. The van der Waals surface area contributed by atoms with Crippen LogP contribution in [-0.2, 0) is 13.0 Å². The fraction of sp³-hybridized carbons (Fsp3) is 0.263. The van der Waals surface area contributed by atoms with E-state index in [9.17, 15) is 0 Å². The van der Waals surface area contributed by atoms with Crippen LogP contribution < -0.4 is 10.6 Å². The van der Waals surface area contributed by atoms with Crippen LogP contribution in [0.25, 0.3) is 0 Å². The second-order valence-corrected chi connectivity index (χ2v) is 5.68. The summed E-state index contributed by atoms with van der Waals surface area (Å²) < 4.78 is 0. The number of hydrogen-bond acceptors (Lipinski definition) is 2. The average Bonchev–Trinajstić information content (AvgIpc) is 2.61. The second kappa shape index (κ2) is 11.7. The molecule has 2 aromatic rings. The first-order valence-electron chi connectivity index (χ1n) is 7.97. The lowest BCUT2D eigenvalue weighted by Crippen LogP contribution is -2.38. The van der Waals surface area contributed by atoms with E-state index in [2.05, 4.69) is 21.7 Å². The predicted octanol–water partition coefficient (Wildman–Crippen LogP) is 4.13. The molecule has 0 radical (unpaired) electrons. The molecule has 0 heterocycles. The summed E-state index contributed by atoms with van der Waals surface area (Å²) in [5.41, 5.74) is 2.85. The van der Waals surface area contributed by atoms with Crippen LogP contribution in [0.15, 0.2) is 53.5 Å². The fourth-order valence-corrected chi connectivity index (χ4v) is 2.44. The molecule has 0 saturated heterocycles. The van der Waals surface area contributed by atoms with Gasteiger partial charge in [-0.15, -0.1) is 24.0 Å². The third-order valence-corrected chi connectivity index (χ3v) is 3.86. The number of guanidine groups is 1. The van der Waals surface area contributed by atoms with Gasteiger partial charge in [0.25, 0.3) is 0 Å². The van der Waals surface area contributed by atoms with Crippen LogP contribution in [0.1, 0.15) is 23.6 Å². The smallest absolute Gasteiger partial charge is 0.191 e. The van der Waals surface area contributed by atoms with Crippen LogP contribution in [0, 0.1) is 11.3 Å². The third-order valence-electron chi connectivity index (χ3n) is 3.49. The van der Waals surface area contributed by atoms with Crippen LogP contribution in [0.3, 0.4) is 0 Å². The van der Waals surface area contributed by atoms with Crippen molar-refractivity contribution in [3.8, 4) is 6.07 Å². The van der Waals surface area contributed by atoms with Crippen molar-refractivity contribution in [1.29, 1.82) is 5.26 Å². The van der Waals surface area contributed by atoms with Crippen molar-refractivity contribution in [2.45, 2.75) is 19.9 Å². The molecule has 2 aromatic carbocycles. The Balaban J connectivity index is 0.00000312. The topological polar surface area (TPSA) is 60.2 Å². The lowest BCUT2D eigenvalue weighted by Gasteiger charge is -2.12. The van der Waals surface area contributed by atoms with Crippen LogP contribution in [0.5, 0.6) is 0 Å². The minimum absolute atomic E-state index is 0. The van der Waals surface area contributed by atoms with Gasteiger partial charge in [0.1, 0.15) is 0 Å². The molecule has 0 saturated carbocycles. The maximum absolute atomic E-state index is 8.82. The Morgan fingerprint density at radius 2 is 1.84 bits per heavy atom. The van der Waals surface area contributed by atoms with E-state index in [0.717, 1.165) is 41.6 Å². The largest absolute Gasteiger partial charge is 0.357 e. The van der Waals surface area contributed by atoms with Crippen LogP contribution in [0.4, 0.5) is 0 Å². The summed E-state index contributed by atoms with van der Waals surface area (Å²) in [5, 5.41) is 16.2. The lowest BCUT2D eigenvalue weighted by atomic mass is 10.1. The molecule has 0 bridgehead atoms. The highest BCUT2D eigenvalue weighted by Crippen LogP contribution is 2.14. The van der Waals surface area contributed by atoms with Gasteiger partial charge in [0.05, 0.1) is 18.2 Å². The van der Waals surface area contributed by atoms with E-state index in [1.807, 2.05) is 55.5 Å². The monoisotopic (exact) mass is 468 g/mol. The molecule has 0 aliphatic carbocycles. The van der Waals surface area contributed by atoms with Crippen molar-refractivity contribution in [2.24, 2.45) is 4.99 Å². The van der Waals surface area contributed by atoms with Gasteiger partial charge in [-0.25, -0.2) is 4.99 Å². The van der Waals surface area contributed by atoms with Gasteiger partial charge in [-0.2, -0.15) is 5.26 Å². The molecule has 6 heteroatoms. The Morgan fingerprint density at radius 1 is 1.12 bits per heavy atom. The molecule has 2 N–H and O–H groups in total. The Labute approximate surface area is 171 Å². The van der Waals surface area contributed by atoms with E-state index in [1.54, 1.807) is 0 Å². The maximum atomic E-state index is 8.82. The maximum Gasteiger partial charge on any atom is 0.191 e. The summed E-state index contributed by atoms with van der Waals surface area (Å²) >= 11 is 6.17. The van der Waals surface area contributed by atoms with E-state index < -0.39 is 0 Å². The van der Waals surface area contributed by atoms with Gasteiger partial charge >= 0.3 is 0 Å². The van der Waals surface area contributed by atoms with Gasteiger partial charge in [-0.05, 0) is 42.7 Å². The second-order valence-electron chi connectivity index (χ2n) is 5.27. The predicted molar refractivity (Wildman–Crippen MR) is 115 cm³/mol. The fourth-order valence-electron chi connectivity index (χ4n) is 2.21. The summed E-state index contributed by atoms with van der Waals surface area (Å²) in [4.78, 5) is 4.57.